The third-order valence-electron chi connectivity index (χ3n) is 3.17. The van der Waals surface area contributed by atoms with Gasteiger partial charge in [-0.3, -0.25) is 0 Å². The van der Waals surface area contributed by atoms with E-state index in [2.05, 4.69) is 68.8 Å². The van der Waals surface area contributed by atoms with Crippen LogP contribution in [0.4, 0.5) is 5.69 Å². The monoisotopic (exact) mass is 219 g/mol. The Morgan fingerprint density at radius 3 is 2.60 bits per heavy atom. The zero-order valence-electron chi connectivity index (χ0n) is 9.49. The molecule has 1 aromatic carbocycles. The van der Waals surface area contributed by atoms with Crippen molar-refractivity contribution in [3.8, 4) is 0 Å². The standard InChI is InChI=1S/C13H17NS/c1-13(2)8-10(9-15)11-6-4-5-7-12(11)14(13)3/h4-8,15H,9H2,1-3H3. The van der Waals surface area contributed by atoms with Gasteiger partial charge in [0.15, 0.2) is 0 Å². The minimum absolute atomic E-state index is 0.0758. The Kier molecular flexibility index (Phi) is 2.55. The van der Waals surface area contributed by atoms with E-state index in [0.717, 1.165) is 5.75 Å². The summed E-state index contributed by atoms with van der Waals surface area (Å²) in [6.45, 7) is 4.46. The molecule has 2 rings (SSSR count). The second kappa shape index (κ2) is 3.60. The normalized spacial score (nSPS) is 18.4. The maximum absolute atomic E-state index is 4.41. The number of likely N-dealkylation sites (N-methyl/N-ethyl adjacent to an activating group) is 1. The van der Waals surface area contributed by atoms with Gasteiger partial charge in [-0.15, -0.1) is 0 Å². The lowest BCUT2D eigenvalue weighted by atomic mass is 9.89. The molecule has 1 heterocycles. The van der Waals surface area contributed by atoms with Crippen LogP contribution in [0.1, 0.15) is 19.4 Å². The Morgan fingerprint density at radius 2 is 1.93 bits per heavy atom. The van der Waals surface area contributed by atoms with Crippen molar-refractivity contribution in [1.82, 2.24) is 0 Å². The highest BCUT2D eigenvalue weighted by atomic mass is 32.1. The third-order valence-corrected chi connectivity index (χ3v) is 3.51. The van der Waals surface area contributed by atoms with Crippen LogP contribution >= 0.6 is 12.6 Å². The van der Waals surface area contributed by atoms with Gasteiger partial charge >= 0.3 is 0 Å². The van der Waals surface area contributed by atoms with Gasteiger partial charge in [0.05, 0.1) is 5.54 Å². The number of benzene rings is 1. The molecule has 0 amide bonds. The molecular formula is C13H17NS. The first kappa shape index (κ1) is 10.6. The average Bonchev–Trinajstić information content (AvgIpc) is 2.24. The average molecular weight is 219 g/mol. The van der Waals surface area contributed by atoms with Crippen LogP contribution in [0.3, 0.4) is 0 Å². The van der Waals surface area contributed by atoms with E-state index in [1.807, 2.05) is 0 Å². The van der Waals surface area contributed by atoms with E-state index in [1.54, 1.807) is 0 Å². The number of anilines is 1. The quantitative estimate of drug-likeness (QED) is 0.710. The van der Waals surface area contributed by atoms with Crippen molar-refractivity contribution < 1.29 is 0 Å². The van der Waals surface area contributed by atoms with E-state index in [9.17, 15) is 0 Å². The summed E-state index contributed by atoms with van der Waals surface area (Å²) in [5.41, 5.74) is 4.02. The summed E-state index contributed by atoms with van der Waals surface area (Å²) in [4.78, 5) is 2.31. The molecule has 0 saturated carbocycles. The van der Waals surface area contributed by atoms with Gasteiger partial charge in [-0.25, -0.2) is 0 Å². The van der Waals surface area contributed by atoms with Gasteiger partial charge in [0.2, 0.25) is 0 Å². The molecule has 0 saturated heterocycles. The first-order valence-electron chi connectivity index (χ1n) is 5.22. The smallest absolute Gasteiger partial charge is 0.0531 e. The van der Waals surface area contributed by atoms with Crippen LogP contribution in [0.25, 0.3) is 5.57 Å². The van der Waals surface area contributed by atoms with Crippen molar-refractivity contribution in [3.05, 3.63) is 35.9 Å². The molecule has 15 heavy (non-hydrogen) atoms. The van der Waals surface area contributed by atoms with Gasteiger partial charge in [0.1, 0.15) is 0 Å². The second-order valence-corrected chi connectivity index (χ2v) is 4.87. The first-order valence-corrected chi connectivity index (χ1v) is 5.85. The summed E-state index contributed by atoms with van der Waals surface area (Å²) in [6.07, 6.45) is 2.31. The number of fused-ring (bicyclic) bond motifs is 1. The van der Waals surface area contributed by atoms with Crippen molar-refractivity contribution in [1.29, 1.82) is 0 Å². The molecule has 0 N–H and O–H groups in total. The molecule has 1 nitrogen and oxygen atoms in total. The first-order chi connectivity index (χ1) is 7.06. The lowest BCUT2D eigenvalue weighted by Gasteiger charge is -2.40. The SMILES string of the molecule is CN1c2ccccc2C(CS)=CC1(C)C. The zero-order chi connectivity index (χ0) is 11.1. The molecule has 0 aromatic heterocycles. The molecule has 0 fully saturated rings. The summed E-state index contributed by atoms with van der Waals surface area (Å²) in [6, 6.07) is 8.52. The molecule has 2 heteroatoms. The van der Waals surface area contributed by atoms with Crippen LogP contribution < -0.4 is 4.90 Å². The van der Waals surface area contributed by atoms with Crippen LogP contribution in [0.5, 0.6) is 0 Å². The summed E-state index contributed by atoms with van der Waals surface area (Å²) in [7, 11) is 2.14. The molecule has 1 aromatic rings. The van der Waals surface area contributed by atoms with E-state index in [0.29, 0.717) is 0 Å². The van der Waals surface area contributed by atoms with Crippen molar-refractivity contribution in [2.75, 3.05) is 17.7 Å². The number of thiol groups is 1. The van der Waals surface area contributed by atoms with Crippen LogP contribution in [0.15, 0.2) is 30.3 Å². The van der Waals surface area contributed by atoms with Crippen molar-refractivity contribution in [3.63, 3.8) is 0 Å². The van der Waals surface area contributed by atoms with E-state index < -0.39 is 0 Å². The lowest BCUT2D eigenvalue weighted by molar-refractivity contribution is 0.598. The summed E-state index contributed by atoms with van der Waals surface area (Å²) in [5, 5.41) is 0. The number of rotatable bonds is 1. The van der Waals surface area contributed by atoms with Gasteiger partial charge in [-0.2, -0.15) is 12.6 Å². The van der Waals surface area contributed by atoms with Crippen molar-refractivity contribution in [2.24, 2.45) is 0 Å². The summed E-state index contributed by atoms with van der Waals surface area (Å²) >= 11 is 4.41. The fraction of sp³-hybridized carbons (Fsp3) is 0.385. The van der Waals surface area contributed by atoms with Gasteiger partial charge in [0.25, 0.3) is 0 Å². The molecule has 1 aliphatic rings. The van der Waals surface area contributed by atoms with Gasteiger partial charge in [-0.1, -0.05) is 24.3 Å². The highest BCUT2D eigenvalue weighted by Crippen LogP contribution is 2.37. The molecule has 1 aliphatic heterocycles. The van der Waals surface area contributed by atoms with E-state index >= 15 is 0 Å². The summed E-state index contributed by atoms with van der Waals surface area (Å²) in [5.74, 6) is 0.800. The lowest BCUT2D eigenvalue weighted by Crippen LogP contribution is -2.42. The molecule has 0 bridgehead atoms. The predicted octanol–water partition coefficient (Wildman–Crippen LogP) is 3.23. The minimum atomic E-state index is 0.0758. The molecule has 0 atom stereocenters. The fourth-order valence-corrected chi connectivity index (χ4v) is 2.34. The van der Waals surface area contributed by atoms with E-state index in [-0.39, 0.29) is 5.54 Å². The largest absolute Gasteiger partial charge is 0.366 e. The molecule has 0 radical (unpaired) electrons. The van der Waals surface area contributed by atoms with Crippen LogP contribution in [-0.4, -0.2) is 18.3 Å². The Labute approximate surface area is 97.2 Å². The fourth-order valence-electron chi connectivity index (χ4n) is 2.08. The van der Waals surface area contributed by atoms with Crippen LogP contribution in [0.2, 0.25) is 0 Å². The molecule has 0 unspecified atom stereocenters. The van der Waals surface area contributed by atoms with Gasteiger partial charge in [0, 0.05) is 24.1 Å². The van der Waals surface area contributed by atoms with Crippen molar-refractivity contribution >= 4 is 23.9 Å². The maximum atomic E-state index is 4.41. The maximum Gasteiger partial charge on any atom is 0.0531 e. The van der Waals surface area contributed by atoms with Crippen molar-refractivity contribution in [2.45, 2.75) is 19.4 Å². The summed E-state index contributed by atoms with van der Waals surface area (Å²) < 4.78 is 0. The van der Waals surface area contributed by atoms with Crippen LogP contribution in [-0.2, 0) is 0 Å². The molecule has 0 aliphatic carbocycles. The minimum Gasteiger partial charge on any atom is -0.366 e. The predicted molar refractivity (Wildman–Crippen MR) is 70.8 cm³/mol. The number of para-hydroxylation sites is 1. The number of hydrogen-bond donors (Lipinski definition) is 1. The highest BCUT2D eigenvalue weighted by Gasteiger charge is 2.28. The Hall–Kier alpha value is -0.890. The highest BCUT2D eigenvalue weighted by molar-refractivity contribution is 7.80. The Morgan fingerprint density at radius 1 is 1.27 bits per heavy atom. The number of hydrogen-bond acceptors (Lipinski definition) is 2. The number of nitrogens with zero attached hydrogens (tertiary/aromatic N) is 1. The van der Waals surface area contributed by atoms with Gasteiger partial charge in [-0.05, 0) is 25.5 Å². The van der Waals surface area contributed by atoms with Gasteiger partial charge < -0.3 is 4.90 Å². The van der Waals surface area contributed by atoms with Crippen LogP contribution in [0, 0.1) is 0 Å². The Balaban J connectivity index is 2.61. The topological polar surface area (TPSA) is 3.24 Å². The molecule has 0 spiro atoms. The van der Waals surface area contributed by atoms with E-state index in [4.69, 9.17) is 0 Å². The Bertz CT molecular complexity index is 407. The molecule has 80 valence electrons. The molecular weight excluding hydrogens is 202 g/mol. The third kappa shape index (κ3) is 1.67. The van der Waals surface area contributed by atoms with E-state index in [1.165, 1.54) is 16.8 Å². The zero-order valence-corrected chi connectivity index (χ0v) is 10.4. The second-order valence-electron chi connectivity index (χ2n) is 4.56.